The Morgan fingerprint density at radius 3 is 2.58 bits per heavy atom. The van der Waals surface area contributed by atoms with E-state index in [1.54, 1.807) is 0 Å². The summed E-state index contributed by atoms with van der Waals surface area (Å²) in [5.74, 6) is 4.44. The summed E-state index contributed by atoms with van der Waals surface area (Å²) in [5, 5.41) is 2.36. The van der Waals surface area contributed by atoms with Gasteiger partial charge in [0, 0.05) is 16.3 Å². The topological polar surface area (TPSA) is 49.0 Å². The van der Waals surface area contributed by atoms with Gasteiger partial charge in [0.25, 0.3) is 16.9 Å². The van der Waals surface area contributed by atoms with E-state index in [1.807, 2.05) is 24.4 Å². The number of ether oxygens (including phenoxy) is 2. The van der Waals surface area contributed by atoms with Crippen molar-refractivity contribution in [1.82, 2.24) is 18.8 Å². The van der Waals surface area contributed by atoms with Gasteiger partial charge >= 0.3 is 17.2 Å². The van der Waals surface area contributed by atoms with E-state index in [2.05, 4.69) is 86.3 Å². The second-order valence-electron chi connectivity index (χ2n) is 10.3. The van der Waals surface area contributed by atoms with Crippen LogP contribution >= 0.6 is 0 Å². The zero-order valence-electron chi connectivity index (χ0n) is 20.1. The molecule has 0 saturated carbocycles. The van der Waals surface area contributed by atoms with E-state index in [0.717, 1.165) is 73.8 Å². The lowest BCUT2D eigenvalue weighted by Gasteiger charge is -2.34. The maximum atomic E-state index is 6.70. The van der Waals surface area contributed by atoms with Crippen LogP contribution in [0.2, 0.25) is 0 Å². The number of fused-ring (bicyclic) bond motifs is 5. The van der Waals surface area contributed by atoms with Crippen LogP contribution in [0.4, 0.5) is 11.4 Å². The molecule has 176 valence electrons. The Kier molecular flexibility index (Phi) is 2.57. The summed E-state index contributed by atoms with van der Waals surface area (Å²) < 4.78 is 23.0. The zero-order valence-corrected chi connectivity index (χ0v) is 20.1. The average Bonchev–Trinajstić information content (AvgIpc) is 3.57. The van der Waals surface area contributed by atoms with Gasteiger partial charge in [0.05, 0.1) is 17.1 Å². The number of imidazole rings is 1. The van der Waals surface area contributed by atoms with Crippen molar-refractivity contribution in [2.45, 2.75) is 0 Å². The summed E-state index contributed by atoms with van der Waals surface area (Å²) in [6.07, 6.45) is 4.06. The van der Waals surface area contributed by atoms with Crippen molar-refractivity contribution in [2.75, 3.05) is 0 Å². The predicted octanol–water partition coefficient (Wildman–Crippen LogP) is 5.32. The van der Waals surface area contributed by atoms with Gasteiger partial charge in [-0.25, -0.2) is 9.55 Å². The monoisotopic (exact) mass is 493 g/mol. The minimum absolute atomic E-state index is 0.300. The van der Waals surface area contributed by atoms with Crippen LogP contribution < -0.4 is 23.5 Å². The first kappa shape index (κ1) is 18.1. The Hall–Kier alpha value is -5.21. The Morgan fingerprint density at radius 2 is 1.61 bits per heavy atom. The highest BCUT2D eigenvalue weighted by Crippen LogP contribution is 2.62. The molecule has 38 heavy (non-hydrogen) atoms. The number of rotatable bonds is 0. The minimum Gasteiger partial charge on any atom is -0.448 e. The summed E-state index contributed by atoms with van der Waals surface area (Å²) in [6, 6.07) is 25.3. The first-order valence-corrected chi connectivity index (χ1v) is 12.7. The number of nitrogens with zero attached hydrogens (tertiary/aromatic N) is 6. The van der Waals surface area contributed by atoms with Gasteiger partial charge in [0.2, 0.25) is 11.4 Å². The first-order valence-electron chi connectivity index (χ1n) is 12.7. The summed E-state index contributed by atoms with van der Waals surface area (Å²) in [6.45, 7) is 0. The maximum Gasteiger partial charge on any atom is 0.353 e. The third-order valence-corrected chi connectivity index (χ3v) is 8.71. The van der Waals surface area contributed by atoms with Crippen LogP contribution in [0.25, 0.3) is 50.2 Å². The van der Waals surface area contributed by atoms with Crippen LogP contribution in [-0.2, 0) is 7.05 Å². The lowest BCUT2D eigenvalue weighted by Crippen LogP contribution is -2.84. The summed E-state index contributed by atoms with van der Waals surface area (Å²) >= 11 is 0. The number of hydrogen-bond donors (Lipinski definition) is 0. The van der Waals surface area contributed by atoms with Crippen LogP contribution in [0, 0.1) is 0 Å². The highest BCUT2D eigenvalue weighted by atomic mass is 16.5. The third kappa shape index (κ3) is 1.55. The molecule has 0 N–H and O–H groups in total. The molecule has 7 aromatic rings. The van der Waals surface area contributed by atoms with Crippen LogP contribution in [0.15, 0.2) is 85.2 Å². The quantitative estimate of drug-likeness (QED) is 0.212. The van der Waals surface area contributed by atoms with Gasteiger partial charge in [-0.2, -0.15) is 4.57 Å². The van der Waals surface area contributed by atoms with Gasteiger partial charge in [-0.3, -0.25) is 0 Å². The van der Waals surface area contributed by atoms with Gasteiger partial charge in [-0.1, -0.05) is 12.1 Å². The van der Waals surface area contributed by atoms with Crippen molar-refractivity contribution in [3.63, 3.8) is 0 Å². The molecule has 0 saturated heterocycles. The molecule has 0 radical (unpaired) electrons. The van der Waals surface area contributed by atoms with E-state index < -0.39 is 0 Å². The number of aryl methyl sites for hydroxylation is 1. The van der Waals surface area contributed by atoms with Crippen LogP contribution in [-0.4, -0.2) is 14.1 Å². The highest BCUT2D eigenvalue weighted by Gasteiger charge is 2.70. The molecule has 3 aromatic carbocycles. The smallest absolute Gasteiger partial charge is 0.353 e. The first-order chi connectivity index (χ1) is 18.8. The van der Waals surface area contributed by atoms with E-state index in [1.165, 1.54) is 10.8 Å². The van der Waals surface area contributed by atoms with Crippen molar-refractivity contribution in [3.8, 4) is 40.1 Å². The molecule has 0 bridgehead atoms. The van der Waals surface area contributed by atoms with E-state index in [-0.39, 0.29) is 0 Å². The van der Waals surface area contributed by atoms with Crippen LogP contribution in [0.1, 0.15) is 0 Å². The summed E-state index contributed by atoms with van der Waals surface area (Å²) in [5.41, 5.74) is 8.44. The number of para-hydroxylation sites is 2. The van der Waals surface area contributed by atoms with Gasteiger partial charge in [-0.15, -0.1) is 0 Å². The fourth-order valence-electron chi connectivity index (χ4n) is 7.48. The maximum absolute atomic E-state index is 6.70. The Morgan fingerprint density at radius 1 is 0.789 bits per heavy atom. The molecule has 1 atom stereocenters. The van der Waals surface area contributed by atoms with E-state index in [9.17, 15) is 0 Å². The lowest BCUT2D eigenvalue weighted by atomic mass is 10.1. The van der Waals surface area contributed by atoms with Crippen molar-refractivity contribution in [2.24, 2.45) is 7.05 Å². The van der Waals surface area contributed by atoms with E-state index >= 15 is 0 Å². The van der Waals surface area contributed by atoms with E-state index in [0.29, 0.717) is 4.70 Å². The van der Waals surface area contributed by atoms with Gasteiger partial charge < -0.3 is 9.47 Å². The van der Waals surface area contributed by atoms with Gasteiger partial charge in [-0.05, 0) is 65.3 Å². The third-order valence-electron chi connectivity index (χ3n) is 8.71. The molecule has 4 aromatic heterocycles. The van der Waals surface area contributed by atoms with Crippen LogP contribution in [0.5, 0.6) is 23.0 Å². The second kappa shape index (κ2) is 5.39. The van der Waals surface area contributed by atoms with Gasteiger partial charge in [0.15, 0.2) is 29.0 Å². The molecule has 4 aliphatic rings. The lowest BCUT2D eigenvalue weighted by molar-refractivity contribution is -1.01. The van der Waals surface area contributed by atoms with Crippen molar-refractivity contribution in [1.29, 1.82) is 0 Å². The molecule has 11 rings (SSSR count). The molecule has 0 aliphatic carbocycles. The van der Waals surface area contributed by atoms with Crippen molar-refractivity contribution >= 4 is 44.5 Å². The number of hydrogen-bond acceptors (Lipinski definition) is 3. The average molecular weight is 494 g/mol. The van der Waals surface area contributed by atoms with Crippen LogP contribution in [0.3, 0.4) is 0 Å². The predicted molar refractivity (Wildman–Crippen MR) is 140 cm³/mol. The molecular weight excluding hydrogens is 476 g/mol. The molecule has 8 heterocycles. The fraction of sp³-hybridized carbons (Fsp3) is 0.0333. The summed E-state index contributed by atoms with van der Waals surface area (Å²) in [4.78, 5) is 4.80. The summed E-state index contributed by atoms with van der Waals surface area (Å²) in [7, 11) is 2.10. The molecule has 1 unspecified atom stereocenters. The number of quaternary nitrogens is 1. The number of benzene rings is 3. The zero-order chi connectivity index (χ0) is 24.5. The van der Waals surface area contributed by atoms with Crippen molar-refractivity contribution in [3.05, 3.63) is 85.2 Å². The van der Waals surface area contributed by atoms with Crippen molar-refractivity contribution < 1.29 is 18.8 Å². The molecule has 0 amide bonds. The Balaban J connectivity index is 1.52. The van der Waals surface area contributed by atoms with Gasteiger partial charge in [0.1, 0.15) is 5.56 Å². The van der Waals surface area contributed by atoms with E-state index in [4.69, 9.17) is 14.5 Å². The molecule has 4 aliphatic heterocycles. The molecule has 8 nitrogen and oxygen atoms in total. The standard InChI is InChI=1S/C30H17N6O2/c1-32-28-19(9-4-14-31-28)35-29(32)18-7-3-11-22-26(18)36(35)27-23(38-22)13-12-21-25(27)34-24-16(6-2-10-20(24)37-21)17-8-5-15-33(36)30(17)34/h2-15H,1H3/q+3. The Labute approximate surface area is 214 Å². The SMILES string of the molecule is Cn1c2[n+](c3cccnc31)[N+]13c4c(cccc4-2)Oc2ccc4c(c21)-n1c2c(cccc2c2ccc[n+]3c21)O4. The molecule has 8 heteroatoms. The normalized spacial score (nSPS) is 18.1. The molecular formula is C30H17N6O2+3. The second-order valence-corrected chi connectivity index (χ2v) is 10.3. The highest BCUT2D eigenvalue weighted by molar-refractivity contribution is 6.11. The minimum atomic E-state index is 0.300. The Bertz CT molecular complexity index is 2330. The molecule has 0 fully saturated rings. The molecule has 1 spiro atoms. The number of aromatic nitrogens is 5. The number of pyridine rings is 2. The largest absolute Gasteiger partial charge is 0.448 e. The fourth-order valence-corrected chi connectivity index (χ4v) is 7.48.